The molecule has 1 heterocycles. The molecule has 0 unspecified atom stereocenters. The summed E-state index contributed by atoms with van der Waals surface area (Å²) < 4.78 is 11.6. The SMILES string of the molecule is CCOc1cc(C=C2C(=O)ON=C2C)ccc1OCc1ccc(Cl)cc1. The molecule has 0 atom stereocenters. The number of ether oxygens (including phenoxy) is 2. The van der Waals surface area contributed by atoms with Gasteiger partial charge in [-0.25, -0.2) is 4.79 Å². The molecule has 0 bridgehead atoms. The van der Waals surface area contributed by atoms with Gasteiger partial charge in [0.25, 0.3) is 0 Å². The minimum absolute atomic E-state index is 0.399. The lowest BCUT2D eigenvalue weighted by Crippen LogP contribution is -2.02. The van der Waals surface area contributed by atoms with Crippen LogP contribution < -0.4 is 9.47 Å². The van der Waals surface area contributed by atoms with Crippen molar-refractivity contribution in [3.8, 4) is 11.5 Å². The molecule has 3 rings (SSSR count). The van der Waals surface area contributed by atoms with E-state index in [1.807, 2.05) is 49.4 Å². The Balaban J connectivity index is 1.80. The number of hydrogen-bond acceptors (Lipinski definition) is 5. The zero-order valence-corrected chi connectivity index (χ0v) is 15.2. The number of benzene rings is 2. The summed E-state index contributed by atoms with van der Waals surface area (Å²) >= 11 is 5.90. The Kier molecular flexibility index (Phi) is 5.58. The van der Waals surface area contributed by atoms with Crippen LogP contribution in [-0.4, -0.2) is 18.3 Å². The second-order valence-electron chi connectivity index (χ2n) is 5.67. The van der Waals surface area contributed by atoms with E-state index in [1.54, 1.807) is 13.0 Å². The molecule has 6 heteroatoms. The van der Waals surface area contributed by atoms with Gasteiger partial charge in [0.05, 0.1) is 17.9 Å². The van der Waals surface area contributed by atoms with Crippen molar-refractivity contribution >= 4 is 29.4 Å². The van der Waals surface area contributed by atoms with Crippen LogP contribution in [0.5, 0.6) is 11.5 Å². The van der Waals surface area contributed by atoms with Gasteiger partial charge in [0.15, 0.2) is 11.5 Å². The third-order valence-corrected chi connectivity index (χ3v) is 4.01. The first kappa shape index (κ1) is 18.0. The molecule has 0 saturated carbocycles. The molecule has 2 aromatic rings. The van der Waals surface area contributed by atoms with Crippen molar-refractivity contribution in [3.05, 3.63) is 64.2 Å². The fourth-order valence-electron chi connectivity index (χ4n) is 2.43. The molecule has 2 aromatic carbocycles. The highest BCUT2D eigenvalue weighted by atomic mass is 35.5. The van der Waals surface area contributed by atoms with Crippen LogP contribution in [-0.2, 0) is 16.2 Å². The van der Waals surface area contributed by atoms with E-state index in [9.17, 15) is 4.79 Å². The Morgan fingerprint density at radius 2 is 1.88 bits per heavy atom. The van der Waals surface area contributed by atoms with Gasteiger partial charge in [-0.2, -0.15) is 0 Å². The maximum absolute atomic E-state index is 11.7. The third kappa shape index (κ3) is 4.24. The molecule has 0 amide bonds. The molecule has 134 valence electrons. The largest absolute Gasteiger partial charge is 0.490 e. The van der Waals surface area contributed by atoms with E-state index in [4.69, 9.17) is 21.1 Å². The van der Waals surface area contributed by atoms with Crippen LogP contribution in [0.1, 0.15) is 25.0 Å². The predicted molar refractivity (Wildman–Crippen MR) is 101 cm³/mol. The van der Waals surface area contributed by atoms with Gasteiger partial charge in [0.1, 0.15) is 6.61 Å². The summed E-state index contributed by atoms with van der Waals surface area (Å²) in [6.07, 6.45) is 1.72. The lowest BCUT2D eigenvalue weighted by molar-refractivity contribution is -0.136. The van der Waals surface area contributed by atoms with Crippen molar-refractivity contribution in [2.45, 2.75) is 20.5 Å². The van der Waals surface area contributed by atoms with Crippen LogP contribution in [0, 0.1) is 0 Å². The zero-order valence-electron chi connectivity index (χ0n) is 14.5. The minimum atomic E-state index is -0.455. The van der Waals surface area contributed by atoms with E-state index in [0.717, 1.165) is 11.1 Å². The standard InChI is InChI=1S/C20H18ClNO4/c1-3-24-19-11-15(10-17-13(2)22-26-20(17)23)6-9-18(19)25-12-14-4-7-16(21)8-5-14/h4-11H,3,12H2,1-2H3. The maximum Gasteiger partial charge on any atom is 0.367 e. The average Bonchev–Trinajstić information content (AvgIpc) is 2.95. The van der Waals surface area contributed by atoms with Gasteiger partial charge in [-0.3, -0.25) is 0 Å². The first-order chi connectivity index (χ1) is 12.6. The van der Waals surface area contributed by atoms with Crippen LogP contribution in [0.3, 0.4) is 0 Å². The van der Waals surface area contributed by atoms with E-state index in [0.29, 0.717) is 41.0 Å². The fourth-order valence-corrected chi connectivity index (χ4v) is 2.56. The Morgan fingerprint density at radius 3 is 2.54 bits per heavy atom. The van der Waals surface area contributed by atoms with Crippen molar-refractivity contribution in [1.29, 1.82) is 0 Å². The van der Waals surface area contributed by atoms with Crippen molar-refractivity contribution in [2.24, 2.45) is 5.16 Å². The first-order valence-corrected chi connectivity index (χ1v) is 8.56. The summed E-state index contributed by atoms with van der Waals surface area (Å²) in [5, 5.41) is 4.36. The summed E-state index contributed by atoms with van der Waals surface area (Å²) in [4.78, 5) is 16.3. The monoisotopic (exact) mass is 371 g/mol. The van der Waals surface area contributed by atoms with E-state index >= 15 is 0 Å². The molecule has 5 nitrogen and oxygen atoms in total. The molecule has 1 aliphatic heterocycles. The number of halogens is 1. The number of carbonyl (C=O) groups excluding carboxylic acids is 1. The van der Waals surface area contributed by atoms with Gasteiger partial charge < -0.3 is 14.3 Å². The Bertz CT molecular complexity index is 872. The van der Waals surface area contributed by atoms with Gasteiger partial charge in [-0.05, 0) is 55.3 Å². The highest BCUT2D eigenvalue weighted by Crippen LogP contribution is 2.30. The molecule has 0 N–H and O–H groups in total. The summed E-state index contributed by atoms with van der Waals surface area (Å²) in [6.45, 7) is 4.53. The zero-order chi connectivity index (χ0) is 18.5. The van der Waals surface area contributed by atoms with E-state index in [2.05, 4.69) is 9.99 Å². The van der Waals surface area contributed by atoms with Crippen molar-refractivity contribution < 1.29 is 19.1 Å². The molecule has 1 aliphatic rings. The lowest BCUT2D eigenvalue weighted by atomic mass is 10.1. The number of hydrogen-bond donors (Lipinski definition) is 0. The summed E-state index contributed by atoms with van der Waals surface area (Å²) in [5.41, 5.74) is 2.79. The normalized spacial score (nSPS) is 15.0. The Labute approximate surface area is 156 Å². The average molecular weight is 372 g/mol. The quantitative estimate of drug-likeness (QED) is 0.548. The molecule has 0 spiro atoms. The smallest absolute Gasteiger partial charge is 0.367 e. The number of nitrogens with zero attached hydrogens (tertiary/aromatic N) is 1. The Hall–Kier alpha value is -2.79. The predicted octanol–water partition coefficient (Wildman–Crippen LogP) is 4.63. The van der Waals surface area contributed by atoms with Crippen molar-refractivity contribution in [1.82, 2.24) is 0 Å². The number of carbonyl (C=O) groups is 1. The van der Waals surface area contributed by atoms with Gasteiger partial charge in [0.2, 0.25) is 0 Å². The topological polar surface area (TPSA) is 57.1 Å². The summed E-state index contributed by atoms with van der Waals surface area (Å²) in [6, 6.07) is 13.0. The van der Waals surface area contributed by atoms with Gasteiger partial charge in [-0.15, -0.1) is 0 Å². The second kappa shape index (κ2) is 8.06. The third-order valence-electron chi connectivity index (χ3n) is 3.76. The van der Waals surface area contributed by atoms with Crippen LogP contribution in [0.15, 0.2) is 53.2 Å². The van der Waals surface area contributed by atoms with E-state index < -0.39 is 5.97 Å². The van der Waals surface area contributed by atoms with Gasteiger partial charge >= 0.3 is 5.97 Å². The first-order valence-electron chi connectivity index (χ1n) is 8.19. The van der Waals surface area contributed by atoms with Gasteiger partial charge in [-0.1, -0.05) is 35.0 Å². The van der Waals surface area contributed by atoms with Crippen LogP contribution >= 0.6 is 11.6 Å². The summed E-state index contributed by atoms with van der Waals surface area (Å²) in [5.74, 6) is 0.781. The van der Waals surface area contributed by atoms with Crippen molar-refractivity contribution in [3.63, 3.8) is 0 Å². The molecule has 0 radical (unpaired) electrons. The van der Waals surface area contributed by atoms with Crippen LogP contribution in [0.25, 0.3) is 6.08 Å². The molecule has 0 fully saturated rings. The fraction of sp³-hybridized carbons (Fsp3) is 0.200. The lowest BCUT2D eigenvalue weighted by Gasteiger charge is -2.13. The number of rotatable bonds is 6. The minimum Gasteiger partial charge on any atom is -0.490 e. The molecule has 26 heavy (non-hydrogen) atoms. The molecule has 0 aromatic heterocycles. The summed E-state index contributed by atoms with van der Waals surface area (Å²) in [7, 11) is 0. The van der Waals surface area contributed by atoms with E-state index in [-0.39, 0.29) is 0 Å². The van der Waals surface area contributed by atoms with E-state index in [1.165, 1.54) is 0 Å². The van der Waals surface area contributed by atoms with Crippen LogP contribution in [0.2, 0.25) is 5.02 Å². The second-order valence-corrected chi connectivity index (χ2v) is 6.10. The molecular formula is C20H18ClNO4. The van der Waals surface area contributed by atoms with Crippen molar-refractivity contribution in [2.75, 3.05) is 6.61 Å². The molecule has 0 aliphatic carbocycles. The number of oxime groups is 1. The maximum atomic E-state index is 11.7. The highest BCUT2D eigenvalue weighted by molar-refractivity contribution is 6.30. The Morgan fingerprint density at radius 1 is 1.12 bits per heavy atom. The van der Waals surface area contributed by atoms with Gasteiger partial charge in [0, 0.05) is 5.02 Å². The highest BCUT2D eigenvalue weighted by Gasteiger charge is 2.21. The molecule has 0 saturated heterocycles. The van der Waals surface area contributed by atoms with Crippen LogP contribution in [0.4, 0.5) is 0 Å². The molecular weight excluding hydrogens is 354 g/mol.